The molecule has 0 bridgehead atoms. The summed E-state index contributed by atoms with van der Waals surface area (Å²) in [6.07, 6.45) is -1.35. The number of fused-ring (bicyclic) bond motifs is 1. The lowest BCUT2D eigenvalue weighted by molar-refractivity contribution is -0.193. The van der Waals surface area contributed by atoms with Crippen LogP contribution in [0.2, 0.25) is 0 Å². The van der Waals surface area contributed by atoms with Gasteiger partial charge in [-0.1, -0.05) is 47.6 Å². The molecule has 0 fully saturated rings. The van der Waals surface area contributed by atoms with E-state index in [1.54, 1.807) is 77.1 Å². The topological polar surface area (TPSA) is 217 Å². The van der Waals surface area contributed by atoms with Crippen molar-refractivity contribution in [3.05, 3.63) is 87.5 Å². The van der Waals surface area contributed by atoms with Gasteiger partial charge >= 0.3 is 30.5 Å². The molecule has 0 saturated carbocycles. The monoisotopic (exact) mass is 877 g/mol. The number of hydrogen-bond acceptors (Lipinski definition) is 14. The van der Waals surface area contributed by atoms with Crippen LogP contribution in [0.4, 0.5) is 19.7 Å². The van der Waals surface area contributed by atoms with E-state index in [-0.39, 0.29) is 51.7 Å². The van der Waals surface area contributed by atoms with Crippen LogP contribution in [0.1, 0.15) is 114 Å². The number of esters is 1. The molecule has 4 rings (SSSR count). The number of carbonyl (C=O) groups is 4. The number of guanidine groups is 1. The number of thiophene rings is 1. The van der Waals surface area contributed by atoms with E-state index in [4.69, 9.17) is 33.4 Å². The van der Waals surface area contributed by atoms with Crippen molar-refractivity contribution in [2.75, 3.05) is 6.54 Å². The lowest BCUT2D eigenvalue weighted by atomic mass is 9.94. The van der Waals surface area contributed by atoms with E-state index in [9.17, 15) is 19.2 Å². The average molecular weight is 878 g/mol. The zero-order valence-electron chi connectivity index (χ0n) is 36.8. The summed E-state index contributed by atoms with van der Waals surface area (Å²) >= 11 is 1.69. The molecule has 18 heteroatoms. The highest BCUT2D eigenvalue weighted by Crippen LogP contribution is 2.30. The Morgan fingerprint density at radius 3 is 1.82 bits per heavy atom. The second-order valence-corrected chi connectivity index (χ2v) is 18.7. The van der Waals surface area contributed by atoms with E-state index in [1.807, 2.05) is 4.90 Å². The van der Waals surface area contributed by atoms with Crippen LogP contribution in [0.15, 0.2) is 65.0 Å². The molecule has 2 N–H and O–H groups in total. The Morgan fingerprint density at radius 2 is 1.34 bits per heavy atom. The molecule has 2 heterocycles. The van der Waals surface area contributed by atoms with Gasteiger partial charge in [0.25, 0.3) is 5.91 Å². The highest BCUT2D eigenvalue weighted by molar-refractivity contribution is 7.10. The van der Waals surface area contributed by atoms with Crippen LogP contribution in [0, 0.1) is 11.2 Å². The minimum atomic E-state index is -0.975. The number of hydrogen-bond donors (Lipinski definition) is 2. The lowest BCUT2D eigenvalue weighted by Crippen LogP contribution is -2.47. The summed E-state index contributed by atoms with van der Waals surface area (Å²) in [7, 11) is 0. The van der Waals surface area contributed by atoms with Crippen molar-refractivity contribution in [1.29, 1.82) is 0 Å². The van der Waals surface area contributed by atoms with Crippen molar-refractivity contribution in [3.8, 4) is 5.75 Å². The van der Waals surface area contributed by atoms with Crippen LogP contribution in [0.5, 0.6) is 5.75 Å². The third kappa shape index (κ3) is 17.9. The standard InChI is InChI=1S/C42H52FN5O7S.2CO2/c1-39(2,3)24-48(22-25-19-33(56-23-25)40(4,5)6)34(49)32-17-13-26-20-28(15-18-31(26)45-32)53-35(50)29-16-14-27(21-30(29)43)44-36(46-37(51)54-41(7,8)9)47-38(52)55-42(10,11)12;2*2-1-3/h13-21,23H,22,24H2,1-12H3,(H2,44,46,47,51,52);;. The van der Waals surface area contributed by atoms with Gasteiger partial charge in [0.2, 0.25) is 5.96 Å². The molecule has 2 aromatic carbocycles. The summed E-state index contributed by atoms with van der Waals surface area (Å²) in [5.41, 5.74) is -0.406. The van der Waals surface area contributed by atoms with Crippen molar-refractivity contribution in [3.63, 3.8) is 0 Å². The molecule has 0 aliphatic heterocycles. The molecule has 332 valence electrons. The highest BCUT2D eigenvalue weighted by atomic mass is 32.1. The minimum Gasteiger partial charge on any atom is -0.444 e. The quantitative estimate of drug-likeness (QED) is 0.0773. The van der Waals surface area contributed by atoms with Crippen molar-refractivity contribution in [2.45, 2.75) is 106 Å². The first-order valence-corrected chi connectivity index (χ1v) is 19.8. The van der Waals surface area contributed by atoms with Crippen LogP contribution in [0.3, 0.4) is 0 Å². The van der Waals surface area contributed by atoms with Gasteiger partial charge in [-0.2, -0.15) is 19.2 Å². The molecule has 4 aromatic rings. The second-order valence-electron chi connectivity index (χ2n) is 17.8. The Labute approximate surface area is 363 Å². The van der Waals surface area contributed by atoms with Crippen molar-refractivity contribution >= 4 is 70.3 Å². The summed E-state index contributed by atoms with van der Waals surface area (Å²) in [5.74, 6) is -2.39. The number of aromatic nitrogens is 1. The summed E-state index contributed by atoms with van der Waals surface area (Å²) in [5, 5.41) is 7.34. The zero-order chi connectivity index (χ0) is 47.2. The molecule has 0 atom stereocenters. The first-order chi connectivity index (χ1) is 28.6. The van der Waals surface area contributed by atoms with E-state index in [0.717, 1.165) is 11.6 Å². The summed E-state index contributed by atoms with van der Waals surface area (Å²) in [6, 6.07) is 13.7. The Kier molecular flexibility index (Phi) is 18.1. The number of alkyl carbamates (subject to hydrolysis) is 2. The fourth-order valence-electron chi connectivity index (χ4n) is 5.21. The smallest absolute Gasteiger partial charge is 0.414 e. The third-order valence-electron chi connectivity index (χ3n) is 7.46. The number of carbonyl (C=O) groups excluding carboxylic acids is 8. The van der Waals surface area contributed by atoms with Crippen LogP contribution < -0.4 is 15.4 Å². The minimum absolute atomic E-state index is 0.0141. The number of ether oxygens (including phenoxy) is 3. The van der Waals surface area contributed by atoms with E-state index in [2.05, 4.69) is 73.6 Å². The molecule has 0 unspecified atom stereocenters. The van der Waals surface area contributed by atoms with Gasteiger partial charge in [-0.15, -0.1) is 11.3 Å². The van der Waals surface area contributed by atoms with Crippen LogP contribution >= 0.6 is 11.3 Å². The fourth-order valence-corrected chi connectivity index (χ4v) is 6.20. The number of rotatable bonds is 7. The molecule has 16 nitrogen and oxygen atoms in total. The first kappa shape index (κ1) is 51.5. The van der Waals surface area contributed by atoms with Gasteiger partial charge in [0.1, 0.15) is 28.5 Å². The number of halogens is 1. The number of nitrogens with one attached hydrogen (secondary N) is 2. The number of amides is 3. The Morgan fingerprint density at radius 1 is 0.774 bits per heavy atom. The number of aliphatic imine (C=N–C) groups is 1. The molecular weight excluding hydrogens is 826 g/mol. The maximum atomic E-state index is 15.3. The maximum Gasteiger partial charge on any atom is 0.414 e. The summed E-state index contributed by atoms with van der Waals surface area (Å²) in [6.45, 7) is 23.7. The highest BCUT2D eigenvalue weighted by Gasteiger charge is 2.26. The van der Waals surface area contributed by atoms with E-state index >= 15 is 4.39 Å². The van der Waals surface area contributed by atoms with Gasteiger partial charge in [0.15, 0.2) is 0 Å². The Balaban J connectivity index is 0.00000208. The summed E-state index contributed by atoms with van der Waals surface area (Å²) < 4.78 is 31.3. The normalized spacial score (nSPS) is 11.2. The second kappa shape index (κ2) is 21.8. The molecule has 62 heavy (non-hydrogen) atoms. The van der Waals surface area contributed by atoms with Gasteiger partial charge < -0.3 is 19.1 Å². The number of benzene rings is 2. The predicted octanol–water partition coefficient (Wildman–Crippen LogP) is 8.51. The molecule has 3 amide bonds. The molecule has 0 aliphatic rings. The number of pyridine rings is 1. The van der Waals surface area contributed by atoms with Crippen molar-refractivity contribution < 1.29 is 57.0 Å². The van der Waals surface area contributed by atoms with Gasteiger partial charge in [-0.05, 0) is 106 Å². The fraction of sp³-hybridized carbons (Fsp3) is 0.409. The van der Waals surface area contributed by atoms with Crippen LogP contribution in [0.25, 0.3) is 10.9 Å². The number of nitrogens with zero attached hydrogens (tertiary/aromatic N) is 3. The summed E-state index contributed by atoms with van der Waals surface area (Å²) in [4.78, 5) is 96.1. The van der Waals surface area contributed by atoms with Gasteiger partial charge in [0, 0.05) is 29.4 Å². The van der Waals surface area contributed by atoms with Crippen LogP contribution in [-0.2, 0) is 40.6 Å². The Hall–Kier alpha value is -6.61. The van der Waals surface area contributed by atoms with Crippen molar-refractivity contribution in [1.82, 2.24) is 20.5 Å². The van der Waals surface area contributed by atoms with E-state index in [1.165, 1.54) is 23.1 Å². The van der Waals surface area contributed by atoms with E-state index < -0.39 is 41.1 Å². The first-order valence-electron chi connectivity index (χ1n) is 18.9. The molecule has 2 aromatic heterocycles. The maximum absolute atomic E-state index is 15.3. The van der Waals surface area contributed by atoms with Crippen molar-refractivity contribution in [2.24, 2.45) is 10.4 Å². The largest absolute Gasteiger partial charge is 0.444 e. The molecule has 0 spiro atoms. The Bertz CT molecular complexity index is 2290. The third-order valence-corrected chi connectivity index (χ3v) is 8.87. The van der Waals surface area contributed by atoms with Gasteiger partial charge in [-0.3, -0.25) is 15.4 Å². The van der Waals surface area contributed by atoms with Gasteiger partial charge in [-0.25, -0.2) is 28.8 Å². The SMILES string of the molecule is CC(C)(C)CN(Cc1csc(C(C)(C)C)c1)C(=O)c1ccc2cc(OC(=O)c3ccc(N=C(NC(=O)OC(C)(C)C)NC(=O)OC(C)(C)C)cc3F)ccc2n1.O=C=O.O=C=O. The molecule has 0 aliphatic carbocycles. The average Bonchev–Trinajstić information content (AvgIpc) is 3.59. The molecule has 0 radical (unpaired) electrons. The van der Waals surface area contributed by atoms with Crippen LogP contribution in [-0.4, -0.2) is 70.0 Å². The van der Waals surface area contributed by atoms with E-state index in [0.29, 0.717) is 24.0 Å². The predicted molar refractivity (Wildman–Crippen MR) is 226 cm³/mol. The molecular formula is C44H52FN5O11S. The lowest BCUT2D eigenvalue weighted by Gasteiger charge is -2.30. The van der Waals surface area contributed by atoms with Gasteiger partial charge in [0.05, 0.1) is 16.8 Å². The zero-order valence-corrected chi connectivity index (χ0v) is 37.6. The molecule has 0 saturated heterocycles.